The molecule has 1 atom stereocenters. The van der Waals surface area contributed by atoms with E-state index >= 15 is 0 Å². The molecular formula is C24H28N4O3S. The zero-order valence-electron chi connectivity index (χ0n) is 19.0. The maximum atomic E-state index is 14.0. The number of hydrogen-bond donors (Lipinski definition) is 0. The first-order chi connectivity index (χ1) is 15.3. The minimum Gasteiger partial charge on any atom is -0.465 e. The van der Waals surface area contributed by atoms with Gasteiger partial charge in [-0.1, -0.05) is 62.0 Å². The highest BCUT2D eigenvalue weighted by Gasteiger charge is 2.38. The average molecular weight is 453 g/mol. The first kappa shape index (κ1) is 22.3. The van der Waals surface area contributed by atoms with E-state index in [9.17, 15) is 9.59 Å². The highest BCUT2D eigenvalue weighted by molar-refractivity contribution is 7.99. The molecule has 0 spiro atoms. The Morgan fingerprint density at radius 3 is 2.75 bits per heavy atom. The summed E-state index contributed by atoms with van der Waals surface area (Å²) < 4.78 is 8.29. The van der Waals surface area contributed by atoms with Gasteiger partial charge in [0.2, 0.25) is 5.78 Å². The summed E-state index contributed by atoms with van der Waals surface area (Å²) in [6.45, 7) is 12.6. The normalized spacial score (nSPS) is 17.1. The van der Waals surface area contributed by atoms with E-state index in [0.717, 1.165) is 29.7 Å². The maximum Gasteiger partial charge on any atom is 0.316 e. The van der Waals surface area contributed by atoms with Gasteiger partial charge in [0.25, 0.3) is 5.56 Å². The van der Waals surface area contributed by atoms with Gasteiger partial charge in [-0.15, -0.1) is 5.10 Å². The van der Waals surface area contributed by atoms with Crippen molar-refractivity contribution in [1.29, 1.82) is 0 Å². The standard InChI is InChI=1S/C24H28N4O3S/c1-6-24(5)12-16-10-8-9-11-17(16)20-19(24)21(30)28-22(25-20)27(13-15(3)4)26-23(28)32-14-18(29)31-7-2/h8-11H,3,6-7,12-14H2,1-2,4-5H3/t24-/m1/s1. The van der Waals surface area contributed by atoms with Crippen LogP contribution < -0.4 is 5.56 Å². The highest BCUT2D eigenvalue weighted by Crippen LogP contribution is 2.42. The van der Waals surface area contributed by atoms with E-state index < -0.39 is 0 Å². The van der Waals surface area contributed by atoms with Crippen LogP contribution in [0.15, 0.2) is 46.4 Å². The summed E-state index contributed by atoms with van der Waals surface area (Å²) in [5.74, 6) is 0.189. The number of esters is 1. The van der Waals surface area contributed by atoms with Gasteiger partial charge >= 0.3 is 5.97 Å². The van der Waals surface area contributed by atoms with Crippen molar-refractivity contribution >= 4 is 23.5 Å². The molecule has 0 aliphatic heterocycles. The van der Waals surface area contributed by atoms with Gasteiger partial charge in [-0.2, -0.15) is 0 Å². The van der Waals surface area contributed by atoms with Gasteiger partial charge in [-0.3, -0.25) is 9.59 Å². The molecular weight excluding hydrogens is 424 g/mol. The fourth-order valence-corrected chi connectivity index (χ4v) is 5.06. The Labute approximate surface area is 191 Å². The minimum absolute atomic E-state index is 0.0738. The van der Waals surface area contributed by atoms with E-state index in [2.05, 4.69) is 31.6 Å². The topological polar surface area (TPSA) is 78.5 Å². The Morgan fingerprint density at radius 2 is 2.06 bits per heavy atom. The van der Waals surface area contributed by atoms with Crippen LogP contribution in [-0.2, 0) is 27.9 Å². The number of rotatable bonds is 7. The van der Waals surface area contributed by atoms with Crippen LogP contribution in [0.5, 0.6) is 0 Å². The fourth-order valence-electron chi connectivity index (χ4n) is 4.28. The molecule has 1 aliphatic rings. The molecule has 0 N–H and O–H groups in total. The van der Waals surface area contributed by atoms with Gasteiger partial charge in [0.15, 0.2) is 5.16 Å². The van der Waals surface area contributed by atoms with Crippen LogP contribution >= 0.6 is 11.8 Å². The number of hydrogen-bond acceptors (Lipinski definition) is 6. The van der Waals surface area contributed by atoms with E-state index in [0.29, 0.717) is 29.6 Å². The third kappa shape index (κ3) is 3.77. The summed E-state index contributed by atoms with van der Waals surface area (Å²) in [5, 5.41) is 5.07. The van der Waals surface area contributed by atoms with E-state index in [1.54, 1.807) is 16.0 Å². The average Bonchev–Trinajstić information content (AvgIpc) is 3.09. The zero-order valence-corrected chi connectivity index (χ0v) is 19.8. The Kier molecular flexibility index (Phi) is 5.99. The molecule has 4 rings (SSSR count). The third-order valence-corrected chi connectivity index (χ3v) is 6.88. The number of fused-ring (bicyclic) bond motifs is 4. The van der Waals surface area contributed by atoms with Crippen LogP contribution in [0, 0.1) is 0 Å². The van der Waals surface area contributed by atoms with Gasteiger partial charge in [0.05, 0.1) is 30.2 Å². The zero-order chi connectivity index (χ0) is 23.0. The summed E-state index contributed by atoms with van der Waals surface area (Å²) in [5.41, 5.74) is 4.07. The Bertz CT molecular complexity index is 1280. The predicted molar refractivity (Wildman–Crippen MR) is 126 cm³/mol. The first-order valence-electron chi connectivity index (χ1n) is 10.8. The second-order valence-corrected chi connectivity index (χ2v) is 9.46. The van der Waals surface area contributed by atoms with Crippen molar-refractivity contribution < 1.29 is 9.53 Å². The quantitative estimate of drug-likeness (QED) is 0.306. The minimum atomic E-state index is -0.341. The van der Waals surface area contributed by atoms with E-state index in [1.807, 2.05) is 25.1 Å². The summed E-state index contributed by atoms with van der Waals surface area (Å²) in [4.78, 5) is 30.9. The molecule has 3 aromatic rings. The number of benzene rings is 1. The van der Waals surface area contributed by atoms with Crippen molar-refractivity contribution in [2.75, 3.05) is 12.4 Å². The van der Waals surface area contributed by atoms with Crippen LogP contribution in [0.1, 0.15) is 45.2 Å². The van der Waals surface area contributed by atoms with Crippen LogP contribution in [0.3, 0.4) is 0 Å². The summed E-state index contributed by atoms with van der Waals surface area (Å²) in [6, 6.07) is 8.15. The lowest BCUT2D eigenvalue weighted by Crippen LogP contribution is -2.38. The summed E-state index contributed by atoms with van der Waals surface area (Å²) in [6.07, 6.45) is 1.59. The number of carbonyl (C=O) groups excluding carboxylic acids is 1. The SMILES string of the molecule is C=C(C)Cn1nc(SCC(=O)OCC)n2c(=O)c3c(nc12)-c1ccccc1C[C@@]3(C)CC. The van der Waals surface area contributed by atoms with E-state index in [4.69, 9.17) is 9.72 Å². The number of aromatic nitrogens is 4. The van der Waals surface area contributed by atoms with Crippen LogP contribution in [-0.4, -0.2) is 37.5 Å². The number of allylic oxidation sites excluding steroid dienone is 1. The lowest BCUT2D eigenvalue weighted by atomic mass is 9.69. The Morgan fingerprint density at radius 1 is 1.31 bits per heavy atom. The molecule has 0 fully saturated rings. The van der Waals surface area contributed by atoms with Gasteiger partial charge in [-0.05, 0) is 32.3 Å². The third-order valence-electron chi connectivity index (χ3n) is 5.98. The molecule has 32 heavy (non-hydrogen) atoms. The molecule has 1 aliphatic carbocycles. The molecule has 1 aromatic carbocycles. The lowest BCUT2D eigenvalue weighted by Gasteiger charge is -2.35. The second kappa shape index (κ2) is 8.58. The van der Waals surface area contributed by atoms with Crippen LogP contribution in [0.25, 0.3) is 17.0 Å². The number of thioether (sulfide) groups is 1. The number of nitrogens with zero attached hydrogens (tertiary/aromatic N) is 4. The lowest BCUT2D eigenvalue weighted by molar-refractivity contribution is -0.139. The summed E-state index contributed by atoms with van der Waals surface area (Å²) >= 11 is 1.19. The summed E-state index contributed by atoms with van der Waals surface area (Å²) in [7, 11) is 0. The molecule has 0 unspecified atom stereocenters. The second-order valence-electron chi connectivity index (χ2n) is 8.52. The van der Waals surface area contributed by atoms with Crippen molar-refractivity contribution in [3.63, 3.8) is 0 Å². The monoisotopic (exact) mass is 452 g/mol. The van der Waals surface area contributed by atoms with Gasteiger partial charge in [-0.25, -0.2) is 14.1 Å². The largest absolute Gasteiger partial charge is 0.465 e. The molecule has 0 radical (unpaired) electrons. The van der Waals surface area contributed by atoms with Crippen LogP contribution in [0.2, 0.25) is 0 Å². The number of carbonyl (C=O) groups is 1. The molecule has 2 heterocycles. The van der Waals surface area contributed by atoms with Crippen molar-refractivity contribution in [1.82, 2.24) is 19.2 Å². The van der Waals surface area contributed by atoms with Crippen LogP contribution in [0.4, 0.5) is 0 Å². The maximum absolute atomic E-state index is 14.0. The molecule has 7 nitrogen and oxygen atoms in total. The van der Waals surface area contributed by atoms with E-state index in [1.165, 1.54) is 17.3 Å². The first-order valence-corrected chi connectivity index (χ1v) is 11.8. The molecule has 8 heteroatoms. The smallest absolute Gasteiger partial charge is 0.316 e. The molecule has 168 valence electrons. The van der Waals surface area contributed by atoms with E-state index in [-0.39, 0.29) is 22.7 Å². The Hall–Kier alpha value is -2.87. The highest BCUT2D eigenvalue weighted by atomic mass is 32.2. The molecule has 0 amide bonds. The molecule has 0 saturated heterocycles. The van der Waals surface area contributed by atoms with Crippen molar-refractivity contribution in [3.8, 4) is 11.3 Å². The van der Waals surface area contributed by atoms with Gasteiger partial charge in [0.1, 0.15) is 0 Å². The molecule has 0 bridgehead atoms. The fraction of sp³-hybridized carbons (Fsp3) is 0.417. The van der Waals surface area contributed by atoms with Crippen molar-refractivity contribution in [2.45, 2.75) is 57.7 Å². The predicted octanol–water partition coefficient (Wildman–Crippen LogP) is 4.01. The number of ether oxygens (including phenoxy) is 1. The van der Waals surface area contributed by atoms with Crippen molar-refractivity contribution in [2.24, 2.45) is 0 Å². The molecule has 2 aromatic heterocycles. The van der Waals surface area contributed by atoms with Gasteiger partial charge < -0.3 is 4.74 Å². The molecule has 0 saturated carbocycles. The van der Waals surface area contributed by atoms with Gasteiger partial charge in [0, 0.05) is 11.0 Å². The van der Waals surface area contributed by atoms with Crippen molar-refractivity contribution in [3.05, 3.63) is 57.9 Å². The Balaban J connectivity index is 1.98.